The monoisotopic (exact) mass is 431 g/mol. The standard InChI is InChI=1S/C21H18ClNO3S2/c1-4-6-14-9-13(10-17(25-2)19(14)26-3)11-18-20(24)23(21(27)28-18)16-8-5-7-15(22)12-16/h4-5,7-12H,1,6H2,2-3H3/b18-11+. The van der Waals surface area contributed by atoms with Gasteiger partial charge in [0.15, 0.2) is 15.8 Å². The molecule has 0 saturated carbocycles. The molecule has 2 aromatic rings. The third-order valence-electron chi connectivity index (χ3n) is 4.10. The Morgan fingerprint density at radius 3 is 2.68 bits per heavy atom. The molecule has 0 unspecified atom stereocenters. The Balaban J connectivity index is 2.00. The molecule has 28 heavy (non-hydrogen) atoms. The molecule has 0 N–H and O–H groups in total. The molecule has 1 heterocycles. The first-order valence-corrected chi connectivity index (χ1v) is 9.98. The third-order valence-corrected chi connectivity index (χ3v) is 5.64. The van der Waals surface area contributed by atoms with Crippen LogP contribution in [0.15, 0.2) is 54.0 Å². The van der Waals surface area contributed by atoms with Crippen LogP contribution in [0.2, 0.25) is 5.02 Å². The Bertz CT molecular complexity index is 988. The lowest BCUT2D eigenvalue weighted by molar-refractivity contribution is -0.113. The van der Waals surface area contributed by atoms with E-state index >= 15 is 0 Å². The molecule has 1 aliphatic heterocycles. The highest BCUT2D eigenvalue weighted by molar-refractivity contribution is 8.27. The van der Waals surface area contributed by atoms with Crippen molar-refractivity contribution in [1.29, 1.82) is 0 Å². The molecule has 0 radical (unpaired) electrons. The number of ether oxygens (including phenoxy) is 2. The number of halogens is 1. The maximum Gasteiger partial charge on any atom is 0.270 e. The summed E-state index contributed by atoms with van der Waals surface area (Å²) < 4.78 is 11.4. The van der Waals surface area contributed by atoms with E-state index in [4.69, 9.17) is 33.3 Å². The van der Waals surface area contributed by atoms with Gasteiger partial charge in [-0.2, -0.15) is 0 Å². The summed E-state index contributed by atoms with van der Waals surface area (Å²) in [6.45, 7) is 3.79. The fourth-order valence-electron chi connectivity index (χ4n) is 2.91. The van der Waals surface area contributed by atoms with Crippen molar-refractivity contribution >= 4 is 57.6 Å². The van der Waals surface area contributed by atoms with Crippen molar-refractivity contribution in [1.82, 2.24) is 0 Å². The van der Waals surface area contributed by atoms with E-state index in [9.17, 15) is 4.79 Å². The average Bonchev–Trinajstić information content (AvgIpc) is 2.94. The van der Waals surface area contributed by atoms with Crippen LogP contribution in [0.5, 0.6) is 11.5 Å². The number of nitrogens with zero attached hydrogens (tertiary/aromatic N) is 1. The first-order chi connectivity index (χ1) is 13.5. The maximum absolute atomic E-state index is 13.0. The zero-order valence-corrected chi connectivity index (χ0v) is 17.8. The number of amides is 1. The fourth-order valence-corrected chi connectivity index (χ4v) is 4.40. The molecule has 0 aromatic heterocycles. The Labute approximate surface area is 178 Å². The van der Waals surface area contributed by atoms with Crippen LogP contribution in [-0.2, 0) is 11.2 Å². The second-order valence-corrected chi connectivity index (χ2v) is 8.02. The number of benzene rings is 2. The number of thioether (sulfide) groups is 1. The smallest absolute Gasteiger partial charge is 0.270 e. The van der Waals surface area contributed by atoms with Crippen molar-refractivity contribution < 1.29 is 14.3 Å². The maximum atomic E-state index is 13.0. The summed E-state index contributed by atoms with van der Waals surface area (Å²) in [5.74, 6) is 1.07. The quantitative estimate of drug-likeness (QED) is 0.343. The van der Waals surface area contributed by atoms with Gasteiger partial charge in [0.1, 0.15) is 0 Å². The van der Waals surface area contributed by atoms with Crippen molar-refractivity contribution in [3.63, 3.8) is 0 Å². The Morgan fingerprint density at radius 2 is 2.04 bits per heavy atom. The minimum absolute atomic E-state index is 0.183. The number of hydrogen-bond acceptors (Lipinski definition) is 5. The van der Waals surface area contributed by atoms with Crippen molar-refractivity contribution in [3.05, 3.63) is 70.1 Å². The largest absolute Gasteiger partial charge is 0.493 e. The highest BCUT2D eigenvalue weighted by Gasteiger charge is 2.33. The van der Waals surface area contributed by atoms with E-state index in [1.54, 1.807) is 50.6 Å². The van der Waals surface area contributed by atoms with E-state index in [-0.39, 0.29) is 5.91 Å². The lowest BCUT2D eigenvalue weighted by atomic mass is 10.0. The normalized spacial score (nSPS) is 15.2. The lowest BCUT2D eigenvalue weighted by Gasteiger charge is -2.14. The number of thiocarbonyl (C=S) groups is 1. The van der Waals surface area contributed by atoms with Crippen molar-refractivity contribution in [2.45, 2.75) is 6.42 Å². The SMILES string of the molecule is C=CCc1cc(/C=C2/SC(=S)N(c3cccc(Cl)c3)C2=O)cc(OC)c1OC. The predicted molar refractivity (Wildman–Crippen MR) is 121 cm³/mol. The molecule has 1 fully saturated rings. The number of anilines is 1. The number of rotatable bonds is 6. The van der Waals surface area contributed by atoms with Gasteiger partial charge in [0, 0.05) is 10.6 Å². The summed E-state index contributed by atoms with van der Waals surface area (Å²) in [5.41, 5.74) is 2.40. The summed E-state index contributed by atoms with van der Waals surface area (Å²) in [6, 6.07) is 10.8. The molecule has 7 heteroatoms. The zero-order chi connectivity index (χ0) is 20.3. The van der Waals surface area contributed by atoms with Crippen LogP contribution in [0.3, 0.4) is 0 Å². The topological polar surface area (TPSA) is 38.8 Å². The van der Waals surface area contributed by atoms with Gasteiger partial charge in [-0.1, -0.05) is 47.7 Å². The van der Waals surface area contributed by atoms with E-state index in [1.165, 1.54) is 16.7 Å². The van der Waals surface area contributed by atoms with Crippen LogP contribution in [-0.4, -0.2) is 24.4 Å². The van der Waals surface area contributed by atoms with Gasteiger partial charge in [0.25, 0.3) is 5.91 Å². The molecule has 3 rings (SSSR count). The minimum Gasteiger partial charge on any atom is -0.493 e. The highest BCUT2D eigenvalue weighted by Crippen LogP contribution is 2.39. The van der Waals surface area contributed by atoms with Crippen LogP contribution < -0.4 is 14.4 Å². The van der Waals surface area contributed by atoms with Crippen LogP contribution in [0, 0.1) is 0 Å². The summed E-state index contributed by atoms with van der Waals surface area (Å²) in [5, 5.41) is 0.546. The summed E-state index contributed by atoms with van der Waals surface area (Å²) in [4.78, 5) is 15.0. The van der Waals surface area contributed by atoms with Gasteiger partial charge < -0.3 is 9.47 Å². The molecule has 0 atom stereocenters. The van der Waals surface area contributed by atoms with Crippen LogP contribution in [0.25, 0.3) is 6.08 Å². The molecule has 0 aliphatic carbocycles. The lowest BCUT2D eigenvalue weighted by Crippen LogP contribution is -2.27. The molecule has 1 aliphatic rings. The second kappa shape index (κ2) is 8.82. The van der Waals surface area contributed by atoms with Gasteiger partial charge in [-0.05, 0) is 48.4 Å². The van der Waals surface area contributed by atoms with E-state index in [0.717, 1.165) is 11.1 Å². The molecule has 4 nitrogen and oxygen atoms in total. The van der Waals surface area contributed by atoms with E-state index < -0.39 is 0 Å². The third kappa shape index (κ3) is 4.09. The number of hydrogen-bond donors (Lipinski definition) is 0. The van der Waals surface area contributed by atoms with Gasteiger partial charge in [-0.25, -0.2) is 0 Å². The van der Waals surface area contributed by atoms with Gasteiger partial charge in [0.05, 0.1) is 24.8 Å². The van der Waals surface area contributed by atoms with Crippen molar-refractivity contribution in [3.8, 4) is 11.5 Å². The molecule has 0 bridgehead atoms. The van der Waals surface area contributed by atoms with E-state index in [2.05, 4.69) is 6.58 Å². The fraction of sp³-hybridized carbons (Fsp3) is 0.143. The summed E-state index contributed by atoms with van der Waals surface area (Å²) in [7, 11) is 3.18. The summed E-state index contributed by atoms with van der Waals surface area (Å²) >= 11 is 12.7. The van der Waals surface area contributed by atoms with Gasteiger partial charge >= 0.3 is 0 Å². The number of carbonyl (C=O) groups excluding carboxylic acids is 1. The highest BCUT2D eigenvalue weighted by atomic mass is 35.5. The average molecular weight is 432 g/mol. The zero-order valence-electron chi connectivity index (χ0n) is 15.4. The first kappa shape index (κ1) is 20.5. The van der Waals surface area contributed by atoms with Crippen LogP contribution in [0.1, 0.15) is 11.1 Å². The van der Waals surface area contributed by atoms with E-state index in [0.29, 0.717) is 37.9 Å². The number of methoxy groups -OCH3 is 2. The molecule has 1 amide bonds. The Hall–Kier alpha value is -2.28. The Morgan fingerprint density at radius 1 is 1.25 bits per heavy atom. The van der Waals surface area contributed by atoms with Crippen molar-refractivity contribution in [2.75, 3.05) is 19.1 Å². The minimum atomic E-state index is -0.183. The van der Waals surface area contributed by atoms with Crippen LogP contribution in [0.4, 0.5) is 5.69 Å². The van der Waals surface area contributed by atoms with Gasteiger partial charge in [0.2, 0.25) is 0 Å². The predicted octanol–water partition coefficient (Wildman–Crippen LogP) is 5.49. The molecular formula is C21H18ClNO3S2. The number of allylic oxidation sites excluding steroid dienone is 1. The van der Waals surface area contributed by atoms with E-state index in [1.807, 2.05) is 12.1 Å². The molecule has 1 saturated heterocycles. The number of carbonyl (C=O) groups is 1. The molecule has 144 valence electrons. The Kier molecular flexibility index (Phi) is 6.44. The molecule has 2 aromatic carbocycles. The molecule has 0 spiro atoms. The first-order valence-electron chi connectivity index (χ1n) is 8.37. The van der Waals surface area contributed by atoms with Gasteiger partial charge in [-0.15, -0.1) is 6.58 Å². The second-order valence-electron chi connectivity index (χ2n) is 5.91. The summed E-state index contributed by atoms with van der Waals surface area (Å²) in [6.07, 6.45) is 4.21. The molecular weight excluding hydrogens is 414 g/mol. The van der Waals surface area contributed by atoms with Crippen molar-refractivity contribution in [2.24, 2.45) is 0 Å². The van der Waals surface area contributed by atoms with Crippen LogP contribution >= 0.6 is 35.6 Å². The van der Waals surface area contributed by atoms with Gasteiger partial charge in [-0.3, -0.25) is 9.69 Å².